The number of hydrogen-bond acceptors (Lipinski definition) is 4. The van der Waals surface area contributed by atoms with Gasteiger partial charge in [-0.25, -0.2) is 0 Å². The van der Waals surface area contributed by atoms with E-state index in [1.54, 1.807) is 20.3 Å². The molecule has 0 aromatic heterocycles. The maximum Gasteiger partial charge on any atom is 0.239 e. The first-order valence-corrected chi connectivity index (χ1v) is 6.42. The summed E-state index contributed by atoms with van der Waals surface area (Å²) in [6.07, 6.45) is 2.19. The Morgan fingerprint density at radius 1 is 1.26 bits per heavy atom. The fourth-order valence-electron chi connectivity index (χ4n) is 2.58. The second-order valence-electron chi connectivity index (χ2n) is 4.66. The van der Waals surface area contributed by atoms with Crippen LogP contribution in [-0.2, 0) is 4.79 Å². The lowest BCUT2D eigenvalue weighted by Crippen LogP contribution is -2.36. The number of ether oxygens (including phenoxy) is 2. The number of primary amides is 1. The van der Waals surface area contributed by atoms with Crippen molar-refractivity contribution in [1.29, 1.82) is 0 Å². The van der Waals surface area contributed by atoms with Crippen molar-refractivity contribution in [3.05, 3.63) is 23.8 Å². The Morgan fingerprint density at radius 3 is 2.47 bits per heavy atom. The molecule has 1 aliphatic rings. The van der Waals surface area contributed by atoms with Gasteiger partial charge in [0.05, 0.1) is 14.2 Å². The zero-order valence-electron chi connectivity index (χ0n) is 11.4. The Hall–Kier alpha value is -1.75. The number of nitrogens with zero attached hydrogens (tertiary/aromatic N) is 1. The fourth-order valence-corrected chi connectivity index (χ4v) is 2.58. The molecule has 1 amide bonds. The highest BCUT2D eigenvalue weighted by molar-refractivity contribution is 5.82. The van der Waals surface area contributed by atoms with Gasteiger partial charge in [-0.1, -0.05) is 0 Å². The summed E-state index contributed by atoms with van der Waals surface area (Å²) in [6.45, 7) is 1.77. The minimum atomic E-state index is -0.451. The minimum absolute atomic E-state index is 0.353. The van der Waals surface area contributed by atoms with Crippen LogP contribution in [0.2, 0.25) is 0 Å². The second-order valence-corrected chi connectivity index (χ2v) is 4.66. The lowest BCUT2D eigenvalue weighted by atomic mass is 10.0. The Balaban J connectivity index is 2.41. The molecule has 2 rings (SSSR count). The number of rotatable bonds is 5. The van der Waals surface area contributed by atoms with Crippen molar-refractivity contribution in [2.24, 2.45) is 5.73 Å². The number of nitrogens with two attached hydrogens (primary N) is 1. The van der Waals surface area contributed by atoms with Crippen LogP contribution in [-0.4, -0.2) is 38.1 Å². The van der Waals surface area contributed by atoms with E-state index in [-0.39, 0.29) is 5.91 Å². The van der Waals surface area contributed by atoms with Crippen molar-refractivity contribution >= 4 is 5.91 Å². The number of carbonyl (C=O) groups excluding carboxylic acids is 1. The van der Waals surface area contributed by atoms with Crippen molar-refractivity contribution in [3.8, 4) is 11.5 Å². The SMILES string of the molecule is COc1ccc(OC)c(C(C(N)=O)N2CCCC2)c1. The van der Waals surface area contributed by atoms with E-state index in [0.717, 1.165) is 31.5 Å². The smallest absolute Gasteiger partial charge is 0.239 e. The summed E-state index contributed by atoms with van der Waals surface area (Å²) in [4.78, 5) is 13.9. The molecule has 2 N–H and O–H groups in total. The molecule has 19 heavy (non-hydrogen) atoms. The average Bonchev–Trinajstić information content (AvgIpc) is 2.92. The monoisotopic (exact) mass is 264 g/mol. The number of carbonyl (C=O) groups is 1. The highest BCUT2D eigenvalue weighted by Crippen LogP contribution is 2.34. The topological polar surface area (TPSA) is 64.8 Å². The lowest BCUT2D eigenvalue weighted by molar-refractivity contribution is -0.123. The first-order chi connectivity index (χ1) is 9.17. The van der Waals surface area contributed by atoms with Crippen molar-refractivity contribution < 1.29 is 14.3 Å². The molecular formula is C14H20N2O3. The van der Waals surface area contributed by atoms with Gasteiger partial charge >= 0.3 is 0 Å². The highest BCUT2D eigenvalue weighted by atomic mass is 16.5. The zero-order chi connectivity index (χ0) is 13.8. The first-order valence-electron chi connectivity index (χ1n) is 6.42. The molecule has 0 bridgehead atoms. The quantitative estimate of drug-likeness (QED) is 0.871. The lowest BCUT2D eigenvalue weighted by Gasteiger charge is -2.26. The van der Waals surface area contributed by atoms with Gasteiger partial charge < -0.3 is 15.2 Å². The standard InChI is InChI=1S/C14H20N2O3/c1-18-10-5-6-12(19-2)11(9-10)13(14(15)17)16-7-3-4-8-16/h5-6,9,13H,3-4,7-8H2,1-2H3,(H2,15,17). The van der Waals surface area contributed by atoms with E-state index in [1.807, 2.05) is 12.1 Å². The highest BCUT2D eigenvalue weighted by Gasteiger charge is 2.30. The van der Waals surface area contributed by atoms with E-state index in [9.17, 15) is 4.79 Å². The summed E-state index contributed by atoms with van der Waals surface area (Å²) in [7, 11) is 3.19. The predicted octanol–water partition coefficient (Wildman–Crippen LogP) is 1.33. The molecule has 0 aliphatic carbocycles. The Bertz CT molecular complexity index is 456. The van der Waals surface area contributed by atoms with Gasteiger partial charge in [-0.15, -0.1) is 0 Å². The van der Waals surface area contributed by atoms with Gasteiger partial charge in [0, 0.05) is 5.56 Å². The van der Waals surface area contributed by atoms with Crippen molar-refractivity contribution in [2.45, 2.75) is 18.9 Å². The molecule has 1 fully saturated rings. The van der Waals surface area contributed by atoms with E-state index in [0.29, 0.717) is 11.5 Å². The van der Waals surface area contributed by atoms with Crippen molar-refractivity contribution in [2.75, 3.05) is 27.3 Å². The maximum absolute atomic E-state index is 11.8. The van der Waals surface area contributed by atoms with Crippen molar-refractivity contribution in [1.82, 2.24) is 4.90 Å². The largest absolute Gasteiger partial charge is 0.497 e. The summed E-state index contributed by atoms with van der Waals surface area (Å²) in [5.41, 5.74) is 6.36. The summed E-state index contributed by atoms with van der Waals surface area (Å²) < 4.78 is 10.6. The van der Waals surface area contributed by atoms with Crippen LogP contribution in [0.1, 0.15) is 24.4 Å². The molecule has 1 aromatic rings. The van der Waals surface area contributed by atoms with Gasteiger partial charge in [0.2, 0.25) is 5.91 Å². The average molecular weight is 264 g/mol. The Morgan fingerprint density at radius 2 is 1.95 bits per heavy atom. The van der Waals surface area contributed by atoms with Crippen LogP contribution < -0.4 is 15.2 Å². The van der Waals surface area contributed by atoms with Gasteiger partial charge in [-0.3, -0.25) is 9.69 Å². The summed E-state index contributed by atoms with van der Waals surface area (Å²) in [6, 6.07) is 4.99. The fraction of sp³-hybridized carbons (Fsp3) is 0.500. The molecule has 104 valence electrons. The van der Waals surface area contributed by atoms with Crippen LogP contribution in [0.3, 0.4) is 0 Å². The van der Waals surface area contributed by atoms with Gasteiger partial charge in [0.15, 0.2) is 0 Å². The number of benzene rings is 1. The minimum Gasteiger partial charge on any atom is -0.497 e. The third-order valence-corrected chi connectivity index (χ3v) is 3.51. The van der Waals surface area contributed by atoms with E-state index >= 15 is 0 Å². The zero-order valence-corrected chi connectivity index (χ0v) is 11.4. The van der Waals surface area contributed by atoms with Crippen LogP contribution in [0, 0.1) is 0 Å². The number of methoxy groups -OCH3 is 2. The van der Waals surface area contributed by atoms with Crippen molar-refractivity contribution in [3.63, 3.8) is 0 Å². The third-order valence-electron chi connectivity index (χ3n) is 3.51. The normalized spacial score (nSPS) is 17.2. The molecule has 1 aromatic carbocycles. The van der Waals surface area contributed by atoms with Crippen LogP contribution in [0.5, 0.6) is 11.5 Å². The van der Waals surface area contributed by atoms with Gasteiger partial charge in [0.1, 0.15) is 17.5 Å². The van der Waals surface area contributed by atoms with Crippen LogP contribution in [0.25, 0.3) is 0 Å². The molecule has 1 saturated heterocycles. The van der Waals surface area contributed by atoms with Crippen LogP contribution >= 0.6 is 0 Å². The molecular weight excluding hydrogens is 244 g/mol. The van der Waals surface area contributed by atoms with E-state index < -0.39 is 6.04 Å². The molecule has 0 saturated carbocycles. The predicted molar refractivity (Wildman–Crippen MR) is 72.3 cm³/mol. The number of amides is 1. The molecule has 1 heterocycles. The molecule has 0 spiro atoms. The van der Waals surface area contributed by atoms with E-state index in [2.05, 4.69) is 4.90 Å². The number of likely N-dealkylation sites (tertiary alicyclic amines) is 1. The van der Waals surface area contributed by atoms with E-state index in [4.69, 9.17) is 15.2 Å². The van der Waals surface area contributed by atoms with E-state index in [1.165, 1.54) is 0 Å². The third kappa shape index (κ3) is 2.81. The molecule has 1 aliphatic heterocycles. The molecule has 1 unspecified atom stereocenters. The van der Waals surface area contributed by atoms with Crippen LogP contribution in [0.15, 0.2) is 18.2 Å². The Labute approximate surface area is 113 Å². The van der Waals surface area contributed by atoms with Gasteiger partial charge in [0.25, 0.3) is 0 Å². The molecule has 1 atom stereocenters. The van der Waals surface area contributed by atoms with Gasteiger partial charge in [-0.2, -0.15) is 0 Å². The summed E-state index contributed by atoms with van der Waals surface area (Å²) >= 11 is 0. The maximum atomic E-state index is 11.8. The number of hydrogen-bond donors (Lipinski definition) is 1. The Kier molecular flexibility index (Phi) is 4.27. The molecule has 5 nitrogen and oxygen atoms in total. The summed E-state index contributed by atoms with van der Waals surface area (Å²) in [5.74, 6) is 1.01. The van der Waals surface area contributed by atoms with Crippen LogP contribution in [0.4, 0.5) is 0 Å². The molecule has 0 radical (unpaired) electrons. The second kappa shape index (κ2) is 5.93. The summed E-state index contributed by atoms with van der Waals surface area (Å²) in [5, 5.41) is 0. The van der Waals surface area contributed by atoms with Gasteiger partial charge in [-0.05, 0) is 44.1 Å². The first kappa shape index (κ1) is 13.7. The molecule has 5 heteroatoms.